The van der Waals surface area contributed by atoms with Gasteiger partial charge in [-0.2, -0.15) is 10.1 Å². The fourth-order valence-corrected chi connectivity index (χ4v) is 2.19. The Morgan fingerprint density at radius 2 is 2.05 bits per heavy atom. The van der Waals surface area contributed by atoms with Gasteiger partial charge < -0.3 is 5.73 Å². The highest BCUT2D eigenvalue weighted by atomic mass is 35.5. The second kappa shape index (κ2) is 5.81. The van der Waals surface area contributed by atoms with E-state index in [1.165, 1.54) is 4.68 Å². The summed E-state index contributed by atoms with van der Waals surface area (Å²) in [7, 11) is 0. The van der Waals surface area contributed by atoms with Crippen molar-refractivity contribution in [3.05, 3.63) is 33.9 Å². The minimum absolute atomic E-state index is 0.0260. The highest BCUT2D eigenvalue weighted by Gasteiger charge is 2.14. The summed E-state index contributed by atoms with van der Waals surface area (Å²) in [5.74, 6) is 0.504. The van der Waals surface area contributed by atoms with Crippen molar-refractivity contribution in [1.29, 1.82) is 5.41 Å². The highest BCUT2D eigenvalue weighted by Crippen LogP contribution is 2.33. The van der Waals surface area contributed by atoms with Crippen LogP contribution in [0.4, 0.5) is 5.82 Å². The smallest absolute Gasteiger partial charge is 0.240 e. The Morgan fingerprint density at radius 1 is 1.35 bits per heavy atom. The van der Waals surface area contributed by atoms with Gasteiger partial charge in [0, 0.05) is 12.1 Å². The summed E-state index contributed by atoms with van der Waals surface area (Å²) in [5, 5.41) is 13.0. The zero-order valence-corrected chi connectivity index (χ0v) is 12.7. The fraction of sp³-hybridized carbons (Fsp3) is 0.308. The molecule has 0 amide bonds. The van der Waals surface area contributed by atoms with Crippen molar-refractivity contribution < 1.29 is 0 Å². The molecule has 0 fully saturated rings. The van der Waals surface area contributed by atoms with Crippen molar-refractivity contribution >= 4 is 29.0 Å². The van der Waals surface area contributed by atoms with Crippen LogP contribution in [0.1, 0.15) is 13.8 Å². The molecule has 7 heteroatoms. The van der Waals surface area contributed by atoms with Gasteiger partial charge in [0.05, 0.1) is 10.0 Å². The molecule has 3 N–H and O–H groups in total. The van der Waals surface area contributed by atoms with E-state index in [1.54, 1.807) is 18.2 Å². The van der Waals surface area contributed by atoms with Gasteiger partial charge >= 0.3 is 0 Å². The molecule has 0 aliphatic rings. The second-order valence-electron chi connectivity index (χ2n) is 4.85. The molecule has 0 saturated heterocycles. The summed E-state index contributed by atoms with van der Waals surface area (Å²) < 4.78 is 1.51. The molecule has 0 atom stereocenters. The molecule has 1 aromatic heterocycles. The van der Waals surface area contributed by atoms with E-state index in [-0.39, 0.29) is 11.4 Å². The first-order valence-corrected chi connectivity index (χ1v) is 6.89. The maximum atomic E-state index is 7.81. The summed E-state index contributed by atoms with van der Waals surface area (Å²) in [6.07, 6.45) is 0. The maximum Gasteiger partial charge on any atom is 0.240 e. The number of nitrogens with one attached hydrogen (secondary N) is 1. The van der Waals surface area contributed by atoms with Crippen molar-refractivity contribution in [1.82, 2.24) is 14.8 Å². The van der Waals surface area contributed by atoms with Crippen LogP contribution in [-0.2, 0) is 6.54 Å². The third-order valence-corrected chi connectivity index (χ3v) is 3.50. The van der Waals surface area contributed by atoms with E-state index < -0.39 is 0 Å². The number of nitrogens with two attached hydrogens (primary N) is 1. The average molecular weight is 312 g/mol. The Bertz CT molecular complexity index is 694. The van der Waals surface area contributed by atoms with Gasteiger partial charge in [0.2, 0.25) is 5.62 Å². The maximum absolute atomic E-state index is 7.81. The van der Waals surface area contributed by atoms with Crippen LogP contribution in [0.25, 0.3) is 11.3 Å². The summed E-state index contributed by atoms with van der Waals surface area (Å²) in [5.41, 5.74) is 6.94. The standard InChI is InChI=1S/C13H15Cl2N5/c1-7(2)6-20-13(17)18-12(16)11(19-20)8-4-3-5-9(14)10(8)15/h3-5,7H,6H2,1-2H3,(H3,16,17,18). The zero-order chi connectivity index (χ0) is 14.9. The molecule has 20 heavy (non-hydrogen) atoms. The Balaban J connectivity index is 2.62. The summed E-state index contributed by atoms with van der Waals surface area (Å²) in [6, 6.07) is 5.24. The van der Waals surface area contributed by atoms with Gasteiger partial charge in [0.1, 0.15) is 5.69 Å². The predicted octanol–water partition coefficient (Wildman–Crippen LogP) is 2.97. The van der Waals surface area contributed by atoms with Crippen LogP contribution in [0.15, 0.2) is 18.2 Å². The molecule has 0 radical (unpaired) electrons. The van der Waals surface area contributed by atoms with Gasteiger partial charge in [-0.3, -0.25) is 5.41 Å². The van der Waals surface area contributed by atoms with Crippen molar-refractivity contribution in [2.75, 3.05) is 5.73 Å². The van der Waals surface area contributed by atoms with Gasteiger partial charge in [0.15, 0.2) is 5.82 Å². The number of hydrogen-bond donors (Lipinski definition) is 2. The van der Waals surface area contributed by atoms with Crippen LogP contribution >= 0.6 is 23.2 Å². The highest BCUT2D eigenvalue weighted by molar-refractivity contribution is 6.43. The molecule has 1 aromatic carbocycles. The quantitative estimate of drug-likeness (QED) is 0.914. The zero-order valence-electron chi connectivity index (χ0n) is 11.2. The SMILES string of the molecule is CC(C)Cn1nc(-c2cccc(Cl)c2Cl)c(N)nc1=N. The number of rotatable bonds is 3. The molecule has 0 bridgehead atoms. The third kappa shape index (κ3) is 2.94. The molecule has 106 valence electrons. The first kappa shape index (κ1) is 14.8. The second-order valence-corrected chi connectivity index (χ2v) is 5.63. The van der Waals surface area contributed by atoms with Gasteiger partial charge in [-0.1, -0.05) is 49.2 Å². The van der Waals surface area contributed by atoms with Crippen LogP contribution < -0.4 is 11.4 Å². The van der Waals surface area contributed by atoms with Crippen molar-refractivity contribution in [2.45, 2.75) is 20.4 Å². The van der Waals surface area contributed by atoms with E-state index in [0.29, 0.717) is 33.8 Å². The van der Waals surface area contributed by atoms with Gasteiger partial charge in [-0.15, -0.1) is 0 Å². The van der Waals surface area contributed by atoms with Gasteiger partial charge in [-0.05, 0) is 12.0 Å². The van der Waals surface area contributed by atoms with Gasteiger partial charge in [-0.25, -0.2) is 4.68 Å². The first-order valence-electron chi connectivity index (χ1n) is 6.13. The summed E-state index contributed by atoms with van der Waals surface area (Å²) >= 11 is 12.2. The predicted molar refractivity (Wildman–Crippen MR) is 80.6 cm³/mol. The Kier molecular flexibility index (Phi) is 4.30. The molecule has 2 rings (SSSR count). The van der Waals surface area contributed by atoms with E-state index in [1.807, 2.05) is 13.8 Å². The molecule has 2 aromatic rings. The van der Waals surface area contributed by atoms with E-state index in [4.69, 9.17) is 34.3 Å². The van der Waals surface area contributed by atoms with E-state index in [2.05, 4.69) is 10.1 Å². The molecular formula is C13H15Cl2N5. The molecule has 5 nitrogen and oxygen atoms in total. The van der Waals surface area contributed by atoms with Crippen LogP contribution in [0.3, 0.4) is 0 Å². The lowest BCUT2D eigenvalue weighted by atomic mass is 10.1. The monoisotopic (exact) mass is 311 g/mol. The first-order chi connectivity index (χ1) is 9.40. The van der Waals surface area contributed by atoms with Crippen LogP contribution in [0.2, 0.25) is 10.0 Å². The Hall–Kier alpha value is -1.59. The minimum Gasteiger partial charge on any atom is -0.382 e. The molecule has 0 aliphatic heterocycles. The molecule has 0 spiro atoms. The van der Waals surface area contributed by atoms with Crippen molar-refractivity contribution in [3.63, 3.8) is 0 Å². The topological polar surface area (TPSA) is 80.6 Å². The summed E-state index contributed by atoms with van der Waals surface area (Å²) in [6.45, 7) is 4.66. The number of nitrogens with zero attached hydrogens (tertiary/aromatic N) is 3. The average Bonchev–Trinajstić information content (AvgIpc) is 2.36. The molecule has 1 heterocycles. The number of halogens is 2. The number of anilines is 1. The molecular weight excluding hydrogens is 297 g/mol. The van der Waals surface area contributed by atoms with Crippen molar-refractivity contribution in [3.8, 4) is 11.3 Å². The lowest BCUT2D eigenvalue weighted by Gasteiger charge is -2.12. The number of hydrogen-bond acceptors (Lipinski definition) is 4. The normalized spacial score (nSPS) is 11.1. The number of benzene rings is 1. The van der Waals surface area contributed by atoms with E-state index >= 15 is 0 Å². The van der Waals surface area contributed by atoms with Crippen molar-refractivity contribution in [2.24, 2.45) is 5.92 Å². The Morgan fingerprint density at radius 3 is 2.70 bits per heavy atom. The van der Waals surface area contributed by atoms with E-state index in [0.717, 1.165) is 0 Å². The number of aromatic nitrogens is 3. The Labute approximate surface area is 126 Å². The van der Waals surface area contributed by atoms with Gasteiger partial charge in [0.25, 0.3) is 0 Å². The minimum atomic E-state index is 0.0260. The molecule has 0 unspecified atom stereocenters. The lowest BCUT2D eigenvalue weighted by molar-refractivity contribution is 0.448. The summed E-state index contributed by atoms with van der Waals surface area (Å²) in [4.78, 5) is 4.02. The fourth-order valence-electron chi connectivity index (χ4n) is 1.80. The molecule has 0 aliphatic carbocycles. The third-order valence-electron chi connectivity index (χ3n) is 2.68. The largest absolute Gasteiger partial charge is 0.382 e. The van der Waals surface area contributed by atoms with E-state index in [9.17, 15) is 0 Å². The van der Waals surface area contributed by atoms with Crippen LogP contribution in [0.5, 0.6) is 0 Å². The lowest BCUT2D eigenvalue weighted by Crippen LogP contribution is -2.29. The van der Waals surface area contributed by atoms with Crippen LogP contribution in [0, 0.1) is 11.3 Å². The number of nitrogen functional groups attached to an aromatic ring is 1. The van der Waals surface area contributed by atoms with Crippen LogP contribution in [-0.4, -0.2) is 14.8 Å². The molecule has 0 saturated carbocycles.